The van der Waals surface area contributed by atoms with Crippen molar-refractivity contribution in [1.82, 2.24) is 0 Å². The van der Waals surface area contributed by atoms with Crippen LogP contribution in [0.15, 0.2) is 52.0 Å². The first kappa shape index (κ1) is 9.16. The van der Waals surface area contributed by atoms with Gasteiger partial charge in [-0.05, 0) is 22.4 Å². The summed E-state index contributed by atoms with van der Waals surface area (Å²) in [6.45, 7) is 0. The minimum absolute atomic E-state index is 0.132. The summed E-state index contributed by atoms with van der Waals surface area (Å²) in [6, 6.07) is 11.7. The van der Waals surface area contributed by atoms with Crippen molar-refractivity contribution in [2.45, 2.75) is 6.42 Å². The fraction of sp³-hybridized carbons (Fsp3) is 0.0833. The van der Waals surface area contributed by atoms with Crippen molar-refractivity contribution in [3.05, 3.63) is 68.5 Å². The van der Waals surface area contributed by atoms with Crippen LogP contribution in [-0.2, 0) is 6.42 Å². The standard InChI is InChI=1S/C12H10OS/c13-12-6-7-14-9-11(12)8-10-4-2-1-3-5-10/h1-7,9H,8H2. The van der Waals surface area contributed by atoms with E-state index in [0.717, 1.165) is 12.0 Å². The summed E-state index contributed by atoms with van der Waals surface area (Å²) in [5.41, 5.74) is 2.19. The average Bonchev–Trinajstić information content (AvgIpc) is 2.23. The molecule has 0 bridgehead atoms. The second-order valence-corrected chi connectivity index (χ2v) is 3.89. The molecule has 0 atom stereocenters. The van der Waals surface area contributed by atoms with E-state index < -0.39 is 0 Å². The van der Waals surface area contributed by atoms with E-state index in [2.05, 4.69) is 0 Å². The zero-order chi connectivity index (χ0) is 9.80. The van der Waals surface area contributed by atoms with Crippen LogP contribution in [0, 0.1) is 0 Å². The molecule has 1 heterocycles. The lowest BCUT2D eigenvalue weighted by atomic mass is 10.1. The second-order valence-electron chi connectivity index (χ2n) is 3.11. The lowest BCUT2D eigenvalue weighted by molar-refractivity contribution is 1.18. The van der Waals surface area contributed by atoms with Crippen molar-refractivity contribution in [1.29, 1.82) is 0 Å². The molecule has 0 saturated carbocycles. The lowest BCUT2D eigenvalue weighted by Gasteiger charge is -1.98. The van der Waals surface area contributed by atoms with Gasteiger partial charge in [0.05, 0.1) is 0 Å². The monoisotopic (exact) mass is 202 g/mol. The van der Waals surface area contributed by atoms with Crippen LogP contribution in [0.25, 0.3) is 0 Å². The molecule has 1 aromatic carbocycles. The van der Waals surface area contributed by atoms with Crippen LogP contribution in [0.1, 0.15) is 11.1 Å². The first-order valence-electron chi connectivity index (χ1n) is 4.45. The van der Waals surface area contributed by atoms with Crippen molar-refractivity contribution in [3.63, 3.8) is 0 Å². The molecule has 0 unspecified atom stereocenters. The highest BCUT2D eigenvalue weighted by Gasteiger charge is 1.98. The molecule has 2 aromatic rings. The Balaban J connectivity index is 2.28. The molecule has 1 aromatic heterocycles. The lowest BCUT2D eigenvalue weighted by Crippen LogP contribution is -2.05. The third kappa shape index (κ3) is 2.09. The Morgan fingerprint density at radius 2 is 1.86 bits per heavy atom. The van der Waals surface area contributed by atoms with Crippen molar-refractivity contribution in [3.8, 4) is 0 Å². The Hall–Kier alpha value is -1.41. The van der Waals surface area contributed by atoms with Gasteiger partial charge in [-0.2, -0.15) is 11.3 Å². The van der Waals surface area contributed by atoms with Crippen LogP contribution in [0.4, 0.5) is 0 Å². The highest BCUT2D eigenvalue weighted by Crippen LogP contribution is 2.06. The van der Waals surface area contributed by atoms with E-state index in [-0.39, 0.29) is 5.43 Å². The molecule has 0 fully saturated rings. The molecule has 14 heavy (non-hydrogen) atoms. The maximum Gasteiger partial charge on any atom is 0.183 e. The Bertz CT molecular complexity index is 459. The van der Waals surface area contributed by atoms with Gasteiger partial charge in [0.25, 0.3) is 0 Å². The largest absolute Gasteiger partial charge is 0.290 e. The molecule has 0 saturated heterocycles. The molecule has 2 rings (SSSR count). The molecule has 0 aliphatic rings. The van der Waals surface area contributed by atoms with Crippen molar-refractivity contribution in [2.75, 3.05) is 0 Å². The van der Waals surface area contributed by atoms with E-state index >= 15 is 0 Å². The van der Waals surface area contributed by atoms with E-state index in [1.807, 2.05) is 41.1 Å². The molecule has 0 aliphatic heterocycles. The predicted molar refractivity (Wildman–Crippen MR) is 59.8 cm³/mol. The summed E-state index contributed by atoms with van der Waals surface area (Å²) in [5.74, 6) is 0. The van der Waals surface area contributed by atoms with E-state index in [0.29, 0.717) is 0 Å². The molecule has 0 spiro atoms. The smallest absolute Gasteiger partial charge is 0.183 e. The number of hydrogen-bond acceptors (Lipinski definition) is 2. The van der Waals surface area contributed by atoms with Gasteiger partial charge in [0, 0.05) is 12.0 Å². The van der Waals surface area contributed by atoms with E-state index in [4.69, 9.17) is 0 Å². The number of benzene rings is 1. The average molecular weight is 202 g/mol. The normalized spacial score (nSPS) is 10.0. The highest BCUT2D eigenvalue weighted by molar-refractivity contribution is 7.07. The summed E-state index contributed by atoms with van der Waals surface area (Å²) in [7, 11) is 0. The van der Waals surface area contributed by atoms with Crippen LogP contribution in [-0.4, -0.2) is 0 Å². The summed E-state index contributed by atoms with van der Waals surface area (Å²) in [4.78, 5) is 11.4. The third-order valence-electron chi connectivity index (χ3n) is 2.06. The Morgan fingerprint density at radius 1 is 1.07 bits per heavy atom. The minimum atomic E-state index is 0.132. The molecule has 0 amide bonds. The Kier molecular flexibility index (Phi) is 2.75. The van der Waals surface area contributed by atoms with Crippen LogP contribution in [0.3, 0.4) is 0 Å². The molecule has 0 aliphatic carbocycles. The van der Waals surface area contributed by atoms with Crippen LogP contribution < -0.4 is 5.43 Å². The second kappa shape index (κ2) is 4.20. The van der Waals surface area contributed by atoms with Gasteiger partial charge in [0.2, 0.25) is 0 Å². The zero-order valence-corrected chi connectivity index (χ0v) is 8.46. The van der Waals surface area contributed by atoms with Gasteiger partial charge in [-0.1, -0.05) is 30.3 Å². The summed E-state index contributed by atoms with van der Waals surface area (Å²) < 4.78 is 0. The molecular formula is C12H10OS. The Morgan fingerprint density at radius 3 is 2.57 bits per heavy atom. The summed E-state index contributed by atoms with van der Waals surface area (Å²) in [6.07, 6.45) is 0.733. The van der Waals surface area contributed by atoms with Gasteiger partial charge >= 0.3 is 0 Å². The molecular weight excluding hydrogens is 192 g/mol. The van der Waals surface area contributed by atoms with Crippen molar-refractivity contribution < 1.29 is 0 Å². The minimum Gasteiger partial charge on any atom is -0.290 e. The SMILES string of the molecule is O=c1ccscc1Cc1ccccc1. The van der Waals surface area contributed by atoms with Gasteiger partial charge in [0.15, 0.2) is 5.43 Å². The highest BCUT2D eigenvalue weighted by atomic mass is 32.1. The molecule has 70 valence electrons. The predicted octanol–water partition coefficient (Wildman–Crippen LogP) is 2.70. The Labute approximate surface area is 86.7 Å². The van der Waals surface area contributed by atoms with Crippen LogP contribution in [0.5, 0.6) is 0 Å². The van der Waals surface area contributed by atoms with Gasteiger partial charge in [-0.15, -0.1) is 0 Å². The number of rotatable bonds is 2. The molecule has 1 nitrogen and oxygen atoms in total. The maximum absolute atomic E-state index is 11.4. The third-order valence-corrected chi connectivity index (χ3v) is 2.78. The zero-order valence-electron chi connectivity index (χ0n) is 7.64. The summed E-state index contributed by atoms with van der Waals surface area (Å²) in [5, 5.41) is 3.74. The van der Waals surface area contributed by atoms with Gasteiger partial charge in [-0.3, -0.25) is 4.79 Å². The van der Waals surface area contributed by atoms with Crippen LogP contribution in [0.2, 0.25) is 0 Å². The fourth-order valence-electron chi connectivity index (χ4n) is 1.33. The molecule has 2 heteroatoms. The first-order chi connectivity index (χ1) is 6.86. The van der Waals surface area contributed by atoms with Gasteiger partial charge < -0.3 is 0 Å². The quantitative estimate of drug-likeness (QED) is 0.731. The first-order valence-corrected chi connectivity index (χ1v) is 5.40. The van der Waals surface area contributed by atoms with Gasteiger partial charge in [0.1, 0.15) is 0 Å². The van der Waals surface area contributed by atoms with Crippen LogP contribution >= 0.6 is 11.3 Å². The van der Waals surface area contributed by atoms with E-state index in [1.54, 1.807) is 17.4 Å². The van der Waals surface area contributed by atoms with E-state index in [9.17, 15) is 4.79 Å². The molecule has 0 N–H and O–H groups in total. The van der Waals surface area contributed by atoms with E-state index in [1.165, 1.54) is 5.56 Å². The topological polar surface area (TPSA) is 17.1 Å². The van der Waals surface area contributed by atoms with Crippen molar-refractivity contribution >= 4 is 11.3 Å². The number of hydrogen-bond donors (Lipinski definition) is 0. The fourth-order valence-corrected chi connectivity index (χ4v) is 1.98. The maximum atomic E-state index is 11.4. The summed E-state index contributed by atoms with van der Waals surface area (Å²) >= 11 is 1.56. The van der Waals surface area contributed by atoms with Gasteiger partial charge in [-0.25, -0.2) is 0 Å². The molecule has 0 radical (unpaired) electrons. The van der Waals surface area contributed by atoms with Crippen molar-refractivity contribution in [2.24, 2.45) is 0 Å².